The van der Waals surface area contributed by atoms with Crippen LogP contribution in [0.2, 0.25) is 0 Å². The molecular formula is C22H25N3O3. The zero-order valence-electron chi connectivity index (χ0n) is 16.6. The predicted molar refractivity (Wildman–Crippen MR) is 110 cm³/mol. The van der Waals surface area contributed by atoms with E-state index in [2.05, 4.69) is 48.4 Å². The average molecular weight is 379 g/mol. The van der Waals surface area contributed by atoms with E-state index in [0.717, 1.165) is 5.75 Å². The van der Waals surface area contributed by atoms with Gasteiger partial charge in [-0.25, -0.2) is 5.10 Å². The number of hydrogen-bond donors (Lipinski definition) is 2. The Morgan fingerprint density at radius 2 is 1.75 bits per heavy atom. The van der Waals surface area contributed by atoms with Crippen molar-refractivity contribution >= 4 is 16.7 Å². The van der Waals surface area contributed by atoms with Crippen LogP contribution in [0.1, 0.15) is 43.7 Å². The third-order valence-corrected chi connectivity index (χ3v) is 4.51. The number of hydrogen-bond acceptors (Lipinski definition) is 4. The zero-order chi connectivity index (χ0) is 20.3. The van der Waals surface area contributed by atoms with Crippen molar-refractivity contribution in [2.45, 2.75) is 39.2 Å². The first kappa shape index (κ1) is 19.6. The van der Waals surface area contributed by atoms with Crippen molar-refractivity contribution in [3.05, 3.63) is 70.1 Å². The van der Waals surface area contributed by atoms with Gasteiger partial charge in [0.15, 0.2) is 5.69 Å². The number of fused-ring (bicyclic) bond motifs is 1. The molecule has 0 fully saturated rings. The molecule has 0 bridgehead atoms. The fourth-order valence-corrected chi connectivity index (χ4v) is 2.89. The highest BCUT2D eigenvalue weighted by Gasteiger charge is 2.17. The highest BCUT2D eigenvalue weighted by molar-refractivity contribution is 6.04. The average Bonchev–Trinajstić information content (AvgIpc) is 2.66. The topological polar surface area (TPSA) is 84.1 Å². The summed E-state index contributed by atoms with van der Waals surface area (Å²) in [6.45, 7) is 8.66. The van der Waals surface area contributed by atoms with Crippen LogP contribution < -0.4 is 15.6 Å². The fourth-order valence-electron chi connectivity index (χ4n) is 2.89. The molecule has 1 unspecified atom stereocenters. The summed E-state index contributed by atoms with van der Waals surface area (Å²) in [6, 6.07) is 14.6. The van der Waals surface area contributed by atoms with Crippen molar-refractivity contribution in [1.29, 1.82) is 0 Å². The number of ether oxygens (including phenoxy) is 1. The maximum absolute atomic E-state index is 12.6. The van der Waals surface area contributed by atoms with Crippen LogP contribution in [-0.4, -0.2) is 28.8 Å². The zero-order valence-corrected chi connectivity index (χ0v) is 16.6. The van der Waals surface area contributed by atoms with Crippen LogP contribution >= 0.6 is 0 Å². The summed E-state index contributed by atoms with van der Waals surface area (Å²) in [5.74, 6) is 0.397. The normalized spacial score (nSPS) is 12.6. The minimum Gasteiger partial charge on any atom is -0.491 e. The van der Waals surface area contributed by atoms with Crippen LogP contribution in [0.5, 0.6) is 5.75 Å². The molecule has 2 N–H and O–H groups in total. The summed E-state index contributed by atoms with van der Waals surface area (Å²) in [7, 11) is 0. The van der Waals surface area contributed by atoms with E-state index in [-0.39, 0.29) is 28.6 Å². The minimum absolute atomic E-state index is 0.0895. The van der Waals surface area contributed by atoms with E-state index in [4.69, 9.17) is 4.74 Å². The maximum atomic E-state index is 12.6. The third-order valence-electron chi connectivity index (χ3n) is 4.51. The van der Waals surface area contributed by atoms with Crippen molar-refractivity contribution in [1.82, 2.24) is 15.5 Å². The van der Waals surface area contributed by atoms with Crippen molar-refractivity contribution in [2.75, 3.05) is 6.61 Å². The van der Waals surface area contributed by atoms with Crippen LogP contribution in [-0.2, 0) is 5.41 Å². The summed E-state index contributed by atoms with van der Waals surface area (Å²) in [5, 5.41) is 10.1. The summed E-state index contributed by atoms with van der Waals surface area (Å²) in [5.41, 5.74) is 1.20. The predicted octanol–water partition coefficient (Wildman–Crippen LogP) is 3.42. The van der Waals surface area contributed by atoms with E-state index in [1.807, 2.05) is 19.1 Å². The monoisotopic (exact) mass is 379 g/mol. The van der Waals surface area contributed by atoms with E-state index in [0.29, 0.717) is 17.4 Å². The Balaban J connectivity index is 1.64. The van der Waals surface area contributed by atoms with Crippen molar-refractivity contribution in [2.24, 2.45) is 0 Å². The van der Waals surface area contributed by atoms with Crippen LogP contribution in [0.3, 0.4) is 0 Å². The van der Waals surface area contributed by atoms with Gasteiger partial charge in [-0.2, -0.15) is 5.10 Å². The number of benzene rings is 2. The van der Waals surface area contributed by atoms with Gasteiger partial charge in [-0.15, -0.1) is 0 Å². The highest BCUT2D eigenvalue weighted by atomic mass is 16.5. The van der Waals surface area contributed by atoms with E-state index in [9.17, 15) is 9.59 Å². The fraction of sp³-hybridized carbons (Fsp3) is 0.318. The van der Waals surface area contributed by atoms with Gasteiger partial charge in [-0.3, -0.25) is 9.59 Å². The van der Waals surface area contributed by atoms with Gasteiger partial charge in [0.05, 0.1) is 11.4 Å². The summed E-state index contributed by atoms with van der Waals surface area (Å²) >= 11 is 0. The molecule has 0 radical (unpaired) electrons. The Hall–Kier alpha value is -3.15. The Kier molecular flexibility index (Phi) is 5.49. The molecule has 6 heteroatoms. The highest BCUT2D eigenvalue weighted by Crippen LogP contribution is 2.24. The summed E-state index contributed by atoms with van der Waals surface area (Å²) in [6.07, 6.45) is 0. The first-order valence-corrected chi connectivity index (χ1v) is 9.27. The molecule has 0 aliphatic rings. The lowest BCUT2D eigenvalue weighted by Crippen LogP contribution is -2.37. The molecule has 1 amide bonds. The number of carbonyl (C=O) groups excluding carboxylic acids is 1. The first-order chi connectivity index (χ1) is 13.3. The third kappa shape index (κ3) is 4.39. The van der Waals surface area contributed by atoms with Crippen LogP contribution in [0.15, 0.2) is 53.3 Å². The van der Waals surface area contributed by atoms with Crippen molar-refractivity contribution < 1.29 is 9.53 Å². The van der Waals surface area contributed by atoms with Gasteiger partial charge in [0.1, 0.15) is 12.4 Å². The number of amides is 1. The molecule has 1 atom stereocenters. The van der Waals surface area contributed by atoms with Crippen LogP contribution in [0, 0.1) is 0 Å². The molecule has 2 aromatic carbocycles. The molecule has 1 aromatic heterocycles. The lowest BCUT2D eigenvalue weighted by Gasteiger charge is -2.20. The number of carbonyl (C=O) groups is 1. The van der Waals surface area contributed by atoms with Gasteiger partial charge < -0.3 is 10.1 Å². The molecule has 3 aromatic rings. The van der Waals surface area contributed by atoms with E-state index in [1.165, 1.54) is 5.56 Å². The largest absolute Gasteiger partial charge is 0.491 e. The number of H-pyrrole nitrogens is 1. The number of rotatable bonds is 5. The molecular weight excluding hydrogens is 354 g/mol. The molecule has 0 aliphatic carbocycles. The summed E-state index contributed by atoms with van der Waals surface area (Å²) < 4.78 is 5.79. The van der Waals surface area contributed by atoms with Crippen LogP contribution in [0.25, 0.3) is 10.8 Å². The second-order valence-corrected chi connectivity index (χ2v) is 7.91. The Labute approximate surface area is 163 Å². The second-order valence-electron chi connectivity index (χ2n) is 7.91. The number of aromatic amines is 1. The molecule has 28 heavy (non-hydrogen) atoms. The molecule has 0 aliphatic heterocycles. The molecule has 0 saturated heterocycles. The number of nitrogens with one attached hydrogen (secondary N) is 2. The second kappa shape index (κ2) is 7.84. The lowest BCUT2D eigenvalue weighted by molar-refractivity contribution is 0.0922. The Morgan fingerprint density at radius 3 is 2.39 bits per heavy atom. The minimum atomic E-state index is -0.355. The van der Waals surface area contributed by atoms with Gasteiger partial charge in [0, 0.05) is 5.39 Å². The van der Waals surface area contributed by atoms with E-state index in [1.54, 1.807) is 24.3 Å². The molecule has 3 rings (SSSR count). The number of nitrogens with zero attached hydrogens (tertiary/aromatic N) is 1. The van der Waals surface area contributed by atoms with Crippen molar-refractivity contribution in [3.63, 3.8) is 0 Å². The molecule has 6 nitrogen and oxygen atoms in total. The Bertz CT molecular complexity index is 1030. The smallest absolute Gasteiger partial charge is 0.272 e. The van der Waals surface area contributed by atoms with E-state index < -0.39 is 0 Å². The van der Waals surface area contributed by atoms with Gasteiger partial charge in [0.25, 0.3) is 11.5 Å². The Morgan fingerprint density at radius 1 is 1.11 bits per heavy atom. The quantitative estimate of drug-likeness (QED) is 0.711. The SMILES string of the molecule is CC(COc1ccc(C(C)(C)C)cc1)NC(=O)c1n[nH]c(=O)c2ccccc12. The lowest BCUT2D eigenvalue weighted by atomic mass is 9.87. The van der Waals surface area contributed by atoms with Gasteiger partial charge >= 0.3 is 0 Å². The first-order valence-electron chi connectivity index (χ1n) is 9.27. The van der Waals surface area contributed by atoms with Gasteiger partial charge in [0.2, 0.25) is 0 Å². The number of aromatic nitrogens is 2. The van der Waals surface area contributed by atoms with Gasteiger partial charge in [-0.05, 0) is 36.1 Å². The maximum Gasteiger partial charge on any atom is 0.272 e. The van der Waals surface area contributed by atoms with Crippen LogP contribution in [0.4, 0.5) is 0 Å². The summed E-state index contributed by atoms with van der Waals surface area (Å²) in [4.78, 5) is 24.4. The molecule has 0 saturated carbocycles. The molecule has 146 valence electrons. The standard InChI is InChI=1S/C22H25N3O3/c1-14(13-28-16-11-9-15(10-12-16)22(2,3)4)23-21(27)19-17-7-5-6-8-18(17)20(26)25-24-19/h5-12,14H,13H2,1-4H3,(H,23,27)(H,25,26). The van der Waals surface area contributed by atoms with E-state index >= 15 is 0 Å². The molecule has 1 heterocycles. The van der Waals surface area contributed by atoms with Gasteiger partial charge in [-0.1, -0.05) is 51.1 Å². The van der Waals surface area contributed by atoms with Crippen molar-refractivity contribution in [3.8, 4) is 5.75 Å². The molecule has 0 spiro atoms.